The summed E-state index contributed by atoms with van der Waals surface area (Å²) in [6.45, 7) is 2.05. The third kappa shape index (κ3) is 5.64. The zero-order chi connectivity index (χ0) is 23.4. The molecular weight excluding hydrogens is 440 g/mol. The summed E-state index contributed by atoms with van der Waals surface area (Å²) in [7, 11) is 0. The minimum absolute atomic E-state index is 0.0282. The summed E-state index contributed by atoms with van der Waals surface area (Å²) in [6.07, 6.45) is 6.01. The lowest BCUT2D eigenvalue weighted by Gasteiger charge is -2.35. The van der Waals surface area contributed by atoms with Crippen LogP contribution in [0.2, 0.25) is 0 Å². The van der Waals surface area contributed by atoms with Crippen LogP contribution in [0.25, 0.3) is 10.6 Å². The van der Waals surface area contributed by atoms with E-state index in [1.54, 1.807) is 12.4 Å². The molecule has 0 radical (unpaired) electrons. The molecule has 3 heterocycles. The predicted octanol–water partition coefficient (Wildman–Crippen LogP) is 3.59. The molecule has 1 amide bonds. The number of aryl methyl sites for hydroxylation is 1. The van der Waals surface area contributed by atoms with Crippen LogP contribution in [0.1, 0.15) is 31.2 Å². The highest BCUT2D eigenvalue weighted by molar-refractivity contribution is 7.18. The van der Waals surface area contributed by atoms with Crippen molar-refractivity contribution >= 4 is 40.0 Å². The average molecular weight is 467 g/mol. The molecular formula is C23H26N6O3S. The number of pyridine rings is 2. The Balaban J connectivity index is 1.52. The van der Waals surface area contributed by atoms with Gasteiger partial charge in [0.2, 0.25) is 5.91 Å². The van der Waals surface area contributed by atoms with Crippen molar-refractivity contribution in [1.29, 1.82) is 0 Å². The Hall–Kier alpha value is -3.53. The fourth-order valence-corrected chi connectivity index (χ4v) is 5.01. The van der Waals surface area contributed by atoms with E-state index in [4.69, 9.17) is 5.73 Å². The van der Waals surface area contributed by atoms with Gasteiger partial charge in [-0.2, -0.15) is 0 Å². The van der Waals surface area contributed by atoms with Crippen LogP contribution in [0, 0.1) is 12.8 Å². The molecule has 0 saturated heterocycles. The predicted molar refractivity (Wildman–Crippen MR) is 128 cm³/mol. The number of hydrogen-bond donors (Lipinski definition) is 3. The van der Waals surface area contributed by atoms with Gasteiger partial charge < -0.3 is 21.1 Å². The molecule has 1 saturated carbocycles. The van der Waals surface area contributed by atoms with E-state index in [1.165, 1.54) is 11.3 Å². The Labute approximate surface area is 195 Å². The van der Waals surface area contributed by atoms with Crippen LogP contribution in [-0.2, 0) is 9.59 Å². The summed E-state index contributed by atoms with van der Waals surface area (Å²) >= 11 is 1.44. The van der Waals surface area contributed by atoms with Crippen molar-refractivity contribution in [3.63, 3.8) is 0 Å². The summed E-state index contributed by atoms with van der Waals surface area (Å²) < 4.78 is 0. The quantitative estimate of drug-likeness (QED) is 0.458. The first-order chi connectivity index (χ1) is 15.9. The van der Waals surface area contributed by atoms with Gasteiger partial charge in [-0.05, 0) is 62.4 Å². The third-order valence-electron chi connectivity index (χ3n) is 5.73. The van der Waals surface area contributed by atoms with Crippen LogP contribution in [-0.4, -0.2) is 44.5 Å². The van der Waals surface area contributed by atoms with Gasteiger partial charge in [-0.15, -0.1) is 0 Å². The molecule has 4 N–H and O–H groups in total. The van der Waals surface area contributed by atoms with E-state index in [-0.39, 0.29) is 18.5 Å². The summed E-state index contributed by atoms with van der Waals surface area (Å²) in [6, 6.07) is 9.59. The molecule has 9 nitrogen and oxygen atoms in total. The van der Waals surface area contributed by atoms with Crippen LogP contribution < -0.4 is 16.0 Å². The Morgan fingerprint density at radius 2 is 1.97 bits per heavy atom. The number of nitrogens with one attached hydrogen (secondary N) is 1. The van der Waals surface area contributed by atoms with E-state index in [1.807, 2.05) is 42.2 Å². The van der Waals surface area contributed by atoms with Gasteiger partial charge in [0.15, 0.2) is 5.13 Å². The van der Waals surface area contributed by atoms with E-state index >= 15 is 0 Å². The first kappa shape index (κ1) is 22.7. The number of carbonyl (C=O) groups excluding carboxylic acids is 1. The van der Waals surface area contributed by atoms with Crippen LogP contribution in [0.5, 0.6) is 0 Å². The van der Waals surface area contributed by atoms with E-state index < -0.39 is 11.9 Å². The maximum absolute atomic E-state index is 11.8. The number of aliphatic carboxylic acids is 1. The molecule has 4 rings (SSSR count). The maximum atomic E-state index is 11.8. The second-order valence-corrected chi connectivity index (χ2v) is 9.21. The normalized spacial score (nSPS) is 18.0. The maximum Gasteiger partial charge on any atom is 0.306 e. The third-order valence-corrected chi connectivity index (χ3v) is 6.78. The first-order valence-corrected chi connectivity index (χ1v) is 11.6. The van der Waals surface area contributed by atoms with Crippen LogP contribution in [0.3, 0.4) is 0 Å². The number of nitrogens with zero attached hydrogens (tertiary/aromatic N) is 4. The zero-order valence-electron chi connectivity index (χ0n) is 18.3. The molecule has 0 bridgehead atoms. The monoisotopic (exact) mass is 466 g/mol. The molecule has 3 aromatic heterocycles. The fraction of sp³-hybridized carbons (Fsp3) is 0.348. The number of primary amides is 1. The van der Waals surface area contributed by atoms with Gasteiger partial charge in [0, 0.05) is 18.4 Å². The smallest absolute Gasteiger partial charge is 0.306 e. The van der Waals surface area contributed by atoms with Gasteiger partial charge in [0.25, 0.3) is 0 Å². The Morgan fingerprint density at radius 3 is 2.67 bits per heavy atom. The van der Waals surface area contributed by atoms with Crippen molar-refractivity contribution < 1.29 is 14.7 Å². The van der Waals surface area contributed by atoms with Crippen molar-refractivity contribution in [2.45, 2.75) is 38.6 Å². The van der Waals surface area contributed by atoms with Crippen LogP contribution in [0.4, 0.5) is 16.8 Å². The van der Waals surface area contributed by atoms with Crippen molar-refractivity contribution in [2.75, 3.05) is 16.8 Å². The lowest BCUT2D eigenvalue weighted by atomic mass is 9.85. The first-order valence-electron chi connectivity index (χ1n) is 10.8. The standard InChI is InChI=1S/C23H26N6O3S/c1-14-9-10-25-21(11-14)28-20-4-2-3-17(27-20)18-12-26-23(33-18)29(13-19(24)30)16-7-5-15(6-8-16)22(31)32/h2-4,9-12,15-16H,5-8,13H2,1H3,(H2,24,30)(H,31,32)(H,25,27,28)/t15-,16+. The second-order valence-electron chi connectivity index (χ2n) is 8.20. The van der Waals surface area contributed by atoms with Crippen molar-refractivity contribution in [2.24, 2.45) is 11.7 Å². The molecule has 172 valence electrons. The van der Waals surface area contributed by atoms with Crippen molar-refractivity contribution in [1.82, 2.24) is 15.0 Å². The van der Waals surface area contributed by atoms with E-state index in [0.717, 1.165) is 16.1 Å². The molecule has 3 aromatic rings. The molecule has 10 heteroatoms. The number of aromatic nitrogens is 3. The summed E-state index contributed by atoms with van der Waals surface area (Å²) in [5.41, 5.74) is 7.36. The fourth-order valence-electron chi connectivity index (χ4n) is 4.05. The molecule has 1 aliphatic carbocycles. The van der Waals surface area contributed by atoms with E-state index in [0.29, 0.717) is 42.5 Å². The lowest BCUT2D eigenvalue weighted by molar-refractivity contribution is -0.142. The van der Waals surface area contributed by atoms with E-state index in [2.05, 4.69) is 20.3 Å². The molecule has 0 atom stereocenters. The lowest BCUT2D eigenvalue weighted by Crippen LogP contribution is -2.43. The Kier molecular flexibility index (Phi) is 6.83. The molecule has 0 spiro atoms. The Bertz CT molecular complexity index is 1140. The Morgan fingerprint density at radius 1 is 1.18 bits per heavy atom. The molecule has 0 aromatic carbocycles. The van der Waals surface area contributed by atoms with Gasteiger partial charge in [-0.3, -0.25) is 9.59 Å². The topological polar surface area (TPSA) is 134 Å². The number of carboxylic acid groups (broad SMARTS) is 1. The van der Waals surface area contributed by atoms with Gasteiger partial charge in [-0.1, -0.05) is 17.4 Å². The number of nitrogens with two attached hydrogens (primary N) is 1. The van der Waals surface area contributed by atoms with Crippen LogP contribution in [0.15, 0.2) is 42.7 Å². The number of carbonyl (C=O) groups is 2. The molecule has 0 unspecified atom stereocenters. The van der Waals surface area contributed by atoms with Gasteiger partial charge in [0.05, 0.1) is 23.0 Å². The number of amides is 1. The highest BCUT2D eigenvalue weighted by Crippen LogP contribution is 2.35. The largest absolute Gasteiger partial charge is 0.481 e. The zero-order valence-corrected chi connectivity index (χ0v) is 19.1. The molecule has 33 heavy (non-hydrogen) atoms. The van der Waals surface area contributed by atoms with Gasteiger partial charge >= 0.3 is 5.97 Å². The number of carboxylic acids is 1. The summed E-state index contributed by atoms with van der Waals surface area (Å²) in [5, 5.41) is 13.2. The SMILES string of the molecule is Cc1ccnc(Nc2cccc(-c3cnc(N(CC(N)=O)[C@H]4CC[C@@H](C(=O)O)CC4)s3)n2)c1. The van der Waals surface area contributed by atoms with Crippen LogP contribution >= 0.6 is 11.3 Å². The number of rotatable bonds is 8. The van der Waals surface area contributed by atoms with Gasteiger partial charge in [0.1, 0.15) is 11.6 Å². The molecule has 0 aliphatic heterocycles. The minimum atomic E-state index is -0.758. The molecule has 1 aliphatic rings. The number of thiazole rings is 1. The van der Waals surface area contributed by atoms with Crippen molar-refractivity contribution in [3.05, 3.63) is 48.3 Å². The van der Waals surface area contributed by atoms with E-state index in [9.17, 15) is 14.7 Å². The molecule has 1 fully saturated rings. The highest BCUT2D eigenvalue weighted by Gasteiger charge is 2.31. The van der Waals surface area contributed by atoms with Crippen molar-refractivity contribution in [3.8, 4) is 10.6 Å². The highest BCUT2D eigenvalue weighted by atomic mass is 32.1. The second kappa shape index (κ2) is 9.95. The average Bonchev–Trinajstić information content (AvgIpc) is 3.28. The minimum Gasteiger partial charge on any atom is -0.481 e. The summed E-state index contributed by atoms with van der Waals surface area (Å²) in [4.78, 5) is 39.4. The summed E-state index contributed by atoms with van der Waals surface area (Å²) in [5.74, 6) is -0.143. The number of anilines is 3. The number of hydrogen-bond acceptors (Lipinski definition) is 8. The van der Waals surface area contributed by atoms with Gasteiger partial charge in [-0.25, -0.2) is 15.0 Å².